The Kier molecular flexibility index (Phi) is 5.06. The molecule has 0 aliphatic carbocycles. The predicted octanol–water partition coefficient (Wildman–Crippen LogP) is 2.98. The van der Waals surface area contributed by atoms with Crippen molar-refractivity contribution in [2.24, 2.45) is 0 Å². The third kappa shape index (κ3) is 4.50. The lowest BCUT2D eigenvalue weighted by Gasteiger charge is -2.14. The van der Waals surface area contributed by atoms with Crippen LogP contribution in [0.5, 0.6) is 5.75 Å². The smallest absolute Gasteiger partial charge is 0.414 e. The van der Waals surface area contributed by atoms with Crippen LogP contribution in [0.25, 0.3) is 0 Å². The van der Waals surface area contributed by atoms with Gasteiger partial charge >= 0.3 is 6.09 Å². The number of nitrogens with one attached hydrogen (secondary N) is 1. The minimum atomic E-state index is -0.719. The van der Waals surface area contributed by atoms with E-state index in [-0.39, 0.29) is 11.4 Å². The van der Waals surface area contributed by atoms with Gasteiger partial charge in [0.05, 0.1) is 5.69 Å². The van der Waals surface area contributed by atoms with Gasteiger partial charge in [0, 0.05) is 11.6 Å². The number of carbonyl (C=O) groups is 1. The molecule has 94 valence electrons. The van der Waals surface area contributed by atoms with Gasteiger partial charge in [-0.1, -0.05) is 11.6 Å². The number of carbonyl (C=O) groups excluding carboxylic acids is 1. The van der Waals surface area contributed by atoms with Gasteiger partial charge in [-0.05, 0) is 32.0 Å². The number of ether oxygens (including phenoxy) is 2. The zero-order valence-electron chi connectivity index (χ0n) is 9.57. The number of amides is 1. The molecule has 0 saturated heterocycles. The number of phenolic OH excluding ortho intramolecular Hbond substituents is 1. The third-order valence-electron chi connectivity index (χ3n) is 1.87. The van der Waals surface area contributed by atoms with Crippen LogP contribution in [-0.2, 0) is 9.47 Å². The summed E-state index contributed by atoms with van der Waals surface area (Å²) in [4.78, 5) is 11.4. The fourth-order valence-electron chi connectivity index (χ4n) is 1.17. The summed E-state index contributed by atoms with van der Waals surface area (Å²) in [6.07, 6.45) is -1.37. The van der Waals surface area contributed by atoms with E-state index in [4.69, 9.17) is 21.1 Å². The molecule has 0 aliphatic rings. The van der Waals surface area contributed by atoms with E-state index in [1.54, 1.807) is 13.8 Å². The summed E-state index contributed by atoms with van der Waals surface area (Å²) < 4.78 is 9.90. The minimum absolute atomic E-state index is 0.0876. The van der Waals surface area contributed by atoms with Crippen LogP contribution < -0.4 is 5.32 Å². The van der Waals surface area contributed by atoms with E-state index in [0.717, 1.165) is 0 Å². The monoisotopic (exact) mass is 259 g/mol. The van der Waals surface area contributed by atoms with Crippen molar-refractivity contribution in [3.8, 4) is 5.75 Å². The molecule has 0 aliphatic heterocycles. The van der Waals surface area contributed by atoms with Crippen molar-refractivity contribution >= 4 is 23.4 Å². The van der Waals surface area contributed by atoms with Crippen molar-refractivity contribution < 1.29 is 19.4 Å². The topological polar surface area (TPSA) is 67.8 Å². The van der Waals surface area contributed by atoms with Crippen molar-refractivity contribution in [3.05, 3.63) is 23.2 Å². The highest BCUT2D eigenvalue weighted by atomic mass is 35.5. The Morgan fingerprint density at radius 1 is 1.59 bits per heavy atom. The molecule has 0 spiro atoms. The zero-order valence-corrected chi connectivity index (χ0v) is 10.3. The van der Waals surface area contributed by atoms with E-state index in [1.807, 2.05) is 0 Å². The Balaban J connectivity index is 2.58. The SMILES string of the molecule is CCO[C@H](C)OC(=O)Nc1cc(Cl)ccc1O. The molecule has 1 atom stereocenters. The number of aromatic hydroxyl groups is 1. The molecule has 1 aromatic carbocycles. The third-order valence-corrected chi connectivity index (χ3v) is 2.10. The van der Waals surface area contributed by atoms with Gasteiger partial charge < -0.3 is 14.6 Å². The molecule has 0 bridgehead atoms. The van der Waals surface area contributed by atoms with E-state index in [2.05, 4.69) is 5.32 Å². The molecule has 0 unspecified atom stereocenters. The van der Waals surface area contributed by atoms with E-state index in [0.29, 0.717) is 11.6 Å². The lowest BCUT2D eigenvalue weighted by molar-refractivity contribution is -0.0827. The van der Waals surface area contributed by atoms with Gasteiger partial charge in [-0.25, -0.2) is 4.79 Å². The molecule has 0 aromatic heterocycles. The zero-order chi connectivity index (χ0) is 12.8. The van der Waals surface area contributed by atoms with Crippen LogP contribution in [-0.4, -0.2) is 24.1 Å². The van der Waals surface area contributed by atoms with E-state index >= 15 is 0 Å². The molecule has 1 aromatic rings. The Morgan fingerprint density at radius 2 is 2.29 bits per heavy atom. The van der Waals surface area contributed by atoms with Crippen molar-refractivity contribution in [3.63, 3.8) is 0 Å². The number of anilines is 1. The van der Waals surface area contributed by atoms with Gasteiger partial charge in [0.1, 0.15) is 5.75 Å². The summed E-state index contributed by atoms with van der Waals surface area (Å²) in [5.41, 5.74) is 0.186. The van der Waals surface area contributed by atoms with E-state index in [9.17, 15) is 9.90 Å². The summed E-state index contributed by atoms with van der Waals surface area (Å²) >= 11 is 5.73. The molecule has 1 rings (SSSR count). The summed E-state index contributed by atoms with van der Waals surface area (Å²) in [6.45, 7) is 3.83. The number of benzene rings is 1. The molecule has 0 heterocycles. The quantitative estimate of drug-likeness (QED) is 0.644. The maximum atomic E-state index is 11.4. The maximum absolute atomic E-state index is 11.4. The highest BCUT2D eigenvalue weighted by molar-refractivity contribution is 6.31. The Morgan fingerprint density at radius 3 is 2.94 bits per heavy atom. The van der Waals surface area contributed by atoms with Crippen LogP contribution in [0.1, 0.15) is 13.8 Å². The van der Waals surface area contributed by atoms with Crippen LogP contribution in [0.4, 0.5) is 10.5 Å². The van der Waals surface area contributed by atoms with Gasteiger partial charge in [0.15, 0.2) is 0 Å². The first kappa shape index (κ1) is 13.6. The van der Waals surface area contributed by atoms with Gasteiger partial charge in [-0.15, -0.1) is 0 Å². The lowest BCUT2D eigenvalue weighted by atomic mass is 10.3. The van der Waals surface area contributed by atoms with E-state index < -0.39 is 12.4 Å². The normalized spacial score (nSPS) is 11.9. The summed E-state index contributed by atoms with van der Waals surface area (Å²) in [5.74, 6) is -0.0876. The number of phenols is 1. The Bertz CT molecular complexity index is 397. The summed E-state index contributed by atoms with van der Waals surface area (Å²) in [5, 5.41) is 12.2. The van der Waals surface area contributed by atoms with Crippen molar-refractivity contribution in [1.29, 1.82) is 0 Å². The molecule has 5 nitrogen and oxygen atoms in total. The first-order valence-corrected chi connectivity index (χ1v) is 5.48. The second-order valence-electron chi connectivity index (χ2n) is 3.21. The predicted molar refractivity (Wildman–Crippen MR) is 64.3 cm³/mol. The number of hydrogen-bond acceptors (Lipinski definition) is 4. The Labute approximate surface area is 104 Å². The molecule has 0 saturated carbocycles. The van der Waals surface area contributed by atoms with Crippen molar-refractivity contribution in [2.45, 2.75) is 20.1 Å². The first-order chi connectivity index (χ1) is 8.02. The molecule has 2 N–H and O–H groups in total. The standard InChI is InChI=1S/C11H14ClNO4/c1-3-16-7(2)17-11(15)13-9-6-8(12)4-5-10(9)14/h4-7,14H,3H2,1-2H3,(H,13,15)/t7-/m0/s1. The summed E-state index contributed by atoms with van der Waals surface area (Å²) in [7, 11) is 0. The summed E-state index contributed by atoms with van der Waals surface area (Å²) in [6, 6.07) is 4.31. The van der Waals surface area contributed by atoms with Crippen LogP contribution in [0.3, 0.4) is 0 Å². The molecular weight excluding hydrogens is 246 g/mol. The van der Waals surface area contributed by atoms with Crippen LogP contribution in [0.2, 0.25) is 5.02 Å². The average Bonchev–Trinajstić information content (AvgIpc) is 2.23. The van der Waals surface area contributed by atoms with Gasteiger partial charge in [-0.2, -0.15) is 0 Å². The minimum Gasteiger partial charge on any atom is -0.506 e. The molecule has 17 heavy (non-hydrogen) atoms. The average molecular weight is 260 g/mol. The number of halogens is 1. The molecule has 0 fully saturated rings. The molecule has 6 heteroatoms. The van der Waals surface area contributed by atoms with Gasteiger partial charge in [0.25, 0.3) is 0 Å². The van der Waals surface area contributed by atoms with E-state index in [1.165, 1.54) is 18.2 Å². The largest absolute Gasteiger partial charge is 0.506 e. The van der Waals surface area contributed by atoms with Crippen molar-refractivity contribution in [2.75, 3.05) is 11.9 Å². The maximum Gasteiger partial charge on any atom is 0.414 e. The highest BCUT2D eigenvalue weighted by Gasteiger charge is 2.11. The fraction of sp³-hybridized carbons (Fsp3) is 0.364. The van der Waals surface area contributed by atoms with Crippen LogP contribution >= 0.6 is 11.6 Å². The number of rotatable bonds is 4. The molecule has 1 amide bonds. The second kappa shape index (κ2) is 6.32. The Hall–Kier alpha value is -1.46. The lowest BCUT2D eigenvalue weighted by Crippen LogP contribution is -2.22. The van der Waals surface area contributed by atoms with Gasteiger partial charge in [0.2, 0.25) is 6.29 Å². The van der Waals surface area contributed by atoms with Crippen LogP contribution in [0.15, 0.2) is 18.2 Å². The number of hydrogen-bond donors (Lipinski definition) is 2. The van der Waals surface area contributed by atoms with Gasteiger partial charge in [-0.3, -0.25) is 5.32 Å². The van der Waals surface area contributed by atoms with Crippen molar-refractivity contribution in [1.82, 2.24) is 0 Å². The fourth-order valence-corrected chi connectivity index (χ4v) is 1.34. The first-order valence-electron chi connectivity index (χ1n) is 5.10. The highest BCUT2D eigenvalue weighted by Crippen LogP contribution is 2.26. The molecule has 0 radical (unpaired) electrons. The second-order valence-corrected chi connectivity index (χ2v) is 3.65. The van der Waals surface area contributed by atoms with Crippen LogP contribution in [0, 0.1) is 0 Å². The molecular formula is C11H14ClNO4.